The Morgan fingerprint density at radius 2 is 1.41 bits per heavy atom. The zero-order chi connectivity index (χ0) is 13.3. The Morgan fingerprint density at radius 1 is 0.765 bits per heavy atom. The van der Waals surface area contributed by atoms with Crippen molar-refractivity contribution in [1.29, 1.82) is 0 Å². The van der Waals surface area contributed by atoms with Crippen molar-refractivity contribution in [2.75, 3.05) is 20.1 Å². The average molecular weight is 241 g/mol. The molecule has 1 nitrogen and oxygen atoms in total. The molecule has 0 aromatic heterocycles. The smallest absolute Gasteiger partial charge is 0.00194 e. The van der Waals surface area contributed by atoms with E-state index in [9.17, 15) is 0 Å². The zero-order valence-corrected chi connectivity index (χ0v) is 13.1. The lowest BCUT2D eigenvalue weighted by Crippen LogP contribution is -2.22. The van der Waals surface area contributed by atoms with Crippen LogP contribution in [0.2, 0.25) is 0 Å². The second-order valence-corrected chi connectivity index (χ2v) is 6.56. The molecule has 0 aromatic carbocycles. The van der Waals surface area contributed by atoms with E-state index in [1.807, 2.05) is 0 Å². The zero-order valence-electron chi connectivity index (χ0n) is 13.1. The van der Waals surface area contributed by atoms with E-state index in [-0.39, 0.29) is 0 Å². The van der Waals surface area contributed by atoms with Gasteiger partial charge in [0.2, 0.25) is 0 Å². The van der Waals surface area contributed by atoms with Crippen LogP contribution in [0.4, 0.5) is 0 Å². The highest BCUT2D eigenvalue weighted by Crippen LogP contribution is 2.17. The number of rotatable bonds is 10. The highest BCUT2D eigenvalue weighted by molar-refractivity contribution is 4.59. The first-order chi connectivity index (χ1) is 7.93. The predicted molar refractivity (Wildman–Crippen MR) is 79.4 cm³/mol. The van der Waals surface area contributed by atoms with Gasteiger partial charge in [-0.1, -0.05) is 53.9 Å². The van der Waals surface area contributed by atoms with Crippen LogP contribution in [0.25, 0.3) is 0 Å². The molecule has 0 bridgehead atoms. The van der Waals surface area contributed by atoms with Crippen LogP contribution in [0, 0.1) is 17.8 Å². The van der Waals surface area contributed by atoms with Crippen LogP contribution in [-0.2, 0) is 0 Å². The number of nitrogens with zero attached hydrogens (tertiary/aromatic N) is 1. The molecule has 0 aliphatic carbocycles. The summed E-state index contributed by atoms with van der Waals surface area (Å²) in [6, 6.07) is 0. The summed E-state index contributed by atoms with van der Waals surface area (Å²) in [6.45, 7) is 14.2. The fourth-order valence-electron chi connectivity index (χ4n) is 1.95. The van der Waals surface area contributed by atoms with E-state index >= 15 is 0 Å². The number of hydrogen-bond donors (Lipinski definition) is 0. The maximum Gasteiger partial charge on any atom is -0.00194 e. The van der Waals surface area contributed by atoms with Gasteiger partial charge >= 0.3 is 0 Å². The molecule has 0 radical (unpaired) electrons. The lowest BCUT2D eigenvalue weighted by molar-refractivity contribution is 0.298. The molecule has 0 fully saturated rings. The van der Waals surface area contributed by atoms with E-state index in [4.69, 9.17) is 0 Å². The molecule has 0 heterocycles. The summed E-state index contributed by atoms with van der Waals surface area (Å²) in [5.74, 6) is 2.58. The molecule has 0 N–H and O–H groups in total. The van der Waals surface area contributed by atoms with Crippen LogP contribution >= 0.6 is 0 Å². The normalized spacial score (nSPS) is 13.9. The second-order valence-electron chi connectivity index (χ2n) is 6.56. The van der Waals surface area contributed by atoms with Gasteiger partial charge in [-0.05, 0) is 50.7 Å². The summed E-state index contributed by atoms with van der Waals surface area (Å²) >= 11 is 0. The van der Waals surface area contributed by atoms with Crippen molar-refractivity contribution < 1.29 is 0 Å². The monoisotopic (exact) mass is 241 g/mol. The van der Waals surface area contributed by atoms with Crippen molar-refractivity contribution in [2.24, 2.45) is 17.8 Å². The van der Waals surface area contributed by atoms with Gasteiger partial charge in [-0.2, -0.15) is 0 Å². The highest BCUT2D eigenvalue weighted by atomic mass is 15.1. The van der Waals surface area contributed by atoms with Gasteiger partial charge in [-0.15, -0.1) is 0 Å². The van der Waals surface area contributed by atoms with Crippen LogP contribution in [0.3, 0.4) is 0 Å². The summed E-state index contributed by atoms with van der Waals surface area (Å²) < 4.78 is 0. The summed E-state index contributed by atoms with van der Waals surface area (Å²) in [7, 11) is 2.26. The quantitative estimate of drug-likeness (QED) is 0.496. The van der Waals surface area contributed by atoms with E-state index < -0.39 is 0 Å². The Balaban J connectivity index is 3.33. The average Bonchev–Trinajstić information content (AvgIpc) is 2.25. The lowest BCUT2D eigenvalue weighted by Gasteiger charge is -2.18. The van der Waals surface area contributed by atoms with E-state index in [0.29, 0.717) is 0 Å². The largest absolute Gasteiger partial charge is 0.306 e. The first-order valence-corrected chi connectivity index (χ1v) is 7.62. The fraction of sp³-hybridized carbons (Fsp3) is 1.00. The van der Waals surface area contributed by atoms with Gasteiger partial charge < -0.3 is 4.90 Å². The molecule has 1 unspecified atom stereocenters. The minimum Gasteiger partial charge on any atom is -0.306 e. The topological polar surface area (TPSA) is 3.24 Å². The van der Waals surface area contributed by atoms with Crippen LogP contribution in [-0.4, -0.2) is 25.0 Å². The van der Waals surface area contributed by atoms with E-state index in [0.717, 1.165) is 17.8 Å². The molecule has 0 amide bonds. The summed E-state index contributed by atoms with van der Waals surface area (Å²) in [5.41, 5.74) is 0. The molecule has 0 aliphatic heterocycles. The third-order valence-corrected chi connectivity index (χ3v) is 3.93. The molecule has 17 heavy (non-hydrogen) atoms. The highest BCUT2D eigenvalue weighted by Gasteiger charge is 2.06. The minimum absolute atomic E-state index is 0.837. The van der Waals surface area contributed by atoms with Gasteiger partial charge in [-0.3, -0.25) is 0 Å². The van der Waals surface area contributed by atoms with E-state index in [2.05, 4.69) is 46.6 Å². The van der Waals surface area contributed by atoms with Crippen LogP contribution in [0.1, 0.15) is 66.7 Å². The third-order valence-electron chi connectivity index (χ3n) is 3.93. The summed E-state index contributed by atoms with van der Waals surface area (Å²) in [4.78, 5) is 2.49. The minimum atomic E-state index is 0.837. The lowest BCUT2D eigenvalue weighted by atomic mass is 9.92. The Hall–Kier alpha value is -0.0400. The van der Waals surface area contributed by atoms with Crippen molar-refractivity contribution in [3.05, 3.63) is 0 Å². The van der Waals surface area contributed by atoms with Gasteiger partial charge in [0, 0.05) is 0 Å². The van der Waals surface area contributed by atoms with Gasteiger partial charge in [0.25, 0.3) is 0 Å². The van der Waals surface area contributed by atoms with E-state index in [1.165, 1.54) is 45.2 Å². The van der Waals surface area contributed by atoms with Gasteiger partial charge in [0.05, 0.1) is 0 Å². The molecule has 1 atom stereocenters. The van der Waals surface area contributed by atoms with Crippen molar-refractivity contribution in [2.45, 2.75) is 66.7 Å². The Labute approximate surface area is 110 Å². The molecule has 104 valence electrons. The molecule has 0 saturated carbocycles. The predicted octanol–water partition coefficient (Wildman–Crippen LogP) is 4.82. The maximum atomic E-state index is 2.49. The Morgan fingerprint density at radius 3 is 1.94 bits per heavy atom. The number of unbranched alkanes of at least 4 members (excludes halogenated alkanes) is 2. The molecule has 0 rings (SSSR count). The SMILES string of the molecule is CC(C)CCN(C)CCCCCC(C)C(C)C. The maximum absolute atomic E-state index is 2.49. The first kappa shape index (κ1) is 17.0. The third kappa shape index (κ3) is 10.8. The van der Waals surface area contributed by atoms with Gasteiger partial charge in [-0.25, -0.2) is 0 Å². The van der Waals surface area contributed by atoms with E-state index in [1.54, 1.807) is 0 Å². The van der Waals surface area contributed by atoms with Crippen LogP contribution in [0.5, 0.6) is 0 Å². The van der Waals surface area contributed by atoms with Gasteiger partial charge in [0.15, 0.2) is 0 Å². The molecule has 0 saturated heterocycles. The van der Waals surface area contributed by atoms with Gasteiger partial charge in [0.1, 0.15) is 0 Å². The first-order valence-electron chi connectivity index (χ1n) is 7.62. The fourth-order valence-corrected chi connectivity index (χ4v) is 1.95. The van der Waals surface area contributed by atoms with Crippen LogP contribution < -0.4 is 0 Å². The number of hydrogen-bond acceptors (Lipinski definition) is 1. The molecular weight excluding hydrogens is 206 g/mol. The Kier molecular flexibility index (Phi) is 9.91. The Bertz CT molecular complexity index is 163. The second kappa shape index (κ2) is 9.94. The molecule has 0 aromatic rings. The molecule has 1 heteroatoms. The summed E-state index contributed by atoms with van der Waals surface area (Å²) in [5, 5.41) is 0. The molecular formula is C16H35N. The summed E-state index contributed by atoms with van der Waals surface area (Å²) in [6.07, 6.45) is 6.94. The molecule has 0 spiro atoms. The van der Waals surface area contributed by atoms with Crippen molar-refractivity contribution in [3.8, 4) is 0 Å². The van der Waals surface area contributed by atoms with Crippen molar-refractivity contribution in [1.82, 2.24) is 4.90 Å². The van der Waals surface area contributed by atoms with Crippen LogP contribution in [0.15, 0.2) is 0 Å². The van der Waals surface area contributed by atoms with Crippen molar-refractivity contribution >= 4 is 0 Å². The standard InChI is InChI=1S/C16H35N/c1-14(2)11-13-17(6)12-9-7-8-10-16(5)15(3)4/h14-16H,7-13H2,1-6H3. The van der Waals surface area contributed by atoms with Crippen molar-refractivity contribution in [3.63, 3.8) is 0 Å². The molecule has 0 aliphatic rings.